The molecule has 88 valence electrons. The molecule has 2 aromatic rings. The molecular weight excluding hydrogens is 234 g/mol. The Morgan fingerprint density at radius 2 is 2.06 bits per heavy atom. The standard InChI is InChI=1S/C13H13NO2S/c1-9-11(8-13(15)16)17-12(14-9)7-10-5-3-2-4-6-10/h2-6H,7-8H2,1H3,(H,15,16). The molecule has 0 atom stereocenters. The van der Waals surface area contributed by atoms with Gasteiger partial charge in [-0.25, -0.2) is 4.98 Å². The normalized spacial score (nSPS) is 10.4. The highest BCUT2D eigenvalue weighted by Gasteiger charge is 2.10. The average molecular weight is 247 g/mol. The summed E-state index contributed by atoms with van der Waals surface area (Å²) >= 11 is 1.49. The van der Waals surface area contributed by atoms with Gasteiger partial charge in [0.05, 0.1) is 17.1 Å². The number of carboxylic acid groups (broad SMARTS) is 1. The van der Waals surface area contributed by atoms with E-state index in [1.165, 1.54) is 16.9 Å². The van der Waals surface area contributed by atoms with Crippen molar-refractivity contribution in [3.63, 3.8) is 0 Å². The molecule has 0 fully saturated rings. The van der Waals surface area contributed by atoms with Crippen LogP contribution in [0, 0.1) is 6.92 Å². The van der Waals surface area contributed by atoms with Gasteiger partial charge in [-0.2, -0.15) is 0 Å². The highest BCUT2D eigenvalue weighted by Crippen LogP contribution is 2.21. The molecule has 0 saturated heterocycles. The van der Waals surface area contributed by atoms with Gasteiger partial charge < -0.3 is 5.11 Å². The first-order valence-corrected chi connectivity index (χ1v) is 6.17. The van der Waals surface area contributed by atoms with Crippen LogP contribution in [0.25, 0.3) is 0 Å². The van der Waals surface area contributed by atoms with Gasteiger partial charge >= 0.3 is 5.97 Å². The highest BCUT2D eigenvalue weighted by molar-refractivity contribution is 7.11. The summed E-state index contributed by atoms with van der Waals surface area (Å²) in [6, 6.07) is 10.1. The summed E-state index contributed by atoms with van der Waals surface area (Å²) in [6.07, 6.45) is 0.838. The molecule has 0 aliphatic heterocycles. The molecule has 0 unspecified atom stereocenters. The summed E-state index contributed by atoms with van der Waals surface area (Å²) in [5, 5.41) is 9.75. The number of aliphatic carboxylic acids is 1. The van der Waals surface area contributed by atoms with E-state index >= 15 is 0 Å². The van der Waals surface area contributed by atoms with Gasteiger partial charge in [-0.1, -0.05) is 30.3 Å². The maximum atomic E-state index is 10.7. The topological polar surface area (TPSA) is 50.2 Å². The third-order valence-electron chi connectivity index (χ3n) is 2.45. The van der Waals surface area contributed by atoms with Crippen molar-refractivity contribution in [2.75, 3.05) is 0 Å². The SMILES string of the molecule is Cc1nc(Cc2ccccc2)sc1CC(=O)O. The van der Waals surface area contributed by atoms with Crippen molar-refractivity contribution in [3.8, 4) is 0 Å². The van der Waals surface area contributed by atoms with E-state index in [-0.39, 0.29) is 6.42 Å². The van der Waals surface area contributed by atoms with E-state index in [2.05, 4.69) is 4.98 Å². The van der Waals surface area contributed by atoms with Crippen molar-refractivity contribution < 1.29 is 9.90 Å². The molecule has 0 radical (unpaired) electrons. The second kappa shape index (κ2) is 5.10. The summed E-state index contributed by atoms with van der Waals surface area (Å²) in [4.78, 5) is 15.9. The van der Waals surface area contributed by atoms with Gasteiger partial charge in [0.2, 0.25) is 0 Å². The summed E-state index contributed by atoms with van der Waals surface area (Å²) in [6.45, 7) is 1.86. The van der Waals surface area contributed by atoms with Gasteiger partial charge in [0, 0.05) is 11.3 Å². The number of carboxylic acids is 1. The average Bonchev–Trinajstić information content (AvgIpc) is 2.59. The lowest BCUT2D eigenvalue weighted by atomic mass is 10.2. The second-order valence-electron chi connectivity index (χ2n) is 3.85. The van der Waals surface area contributed by atoms with E-state index < -0.39 is 5.97 Å². The number of nitrogens with zero attached hydrogens (tertiary/aromatic N) is 1. The lowest BCUT2D eigenvalue weighted by Crippen LogP contribution is -1.99. The Kier molecular flexibility index (Phi) is 3.54. The van der Waals surface area contributed by atoms with Crippen LogP contribution in [0.15, 0.2) is 30.3 Å². The zero-order valence-electron chi connectivity index (χ0n) is 9.51. The smallest absolute Gasteiger partial charge is 0.308 e. The monoisotopic (exact) mass is 247 g/mol. The first-order chi connectivity index (χ1) is 8.15. The molecule has 0 spiro atoms. The van der Waals surface area contributed by atoms with Crippen LogP contribution in [0.2, 0.25) is 0 Å². The molecule has 17 heavy (non-hydrogen) atoms. The largest absolute Gasteiger partial charge is 0.481 e. The predicted octanol–water partition coefficient (Wildman–Crippen LogP) is 2.67. The Hall–Kier alpha value is -1.68. The predicted molar refractivity (Wildman–Crippen MR) is 67.4 cm³/mol. The fourth-order valence-corrected chi connectivity index (χ4v) is 2.73. The number of aromatic nitrogens is 1. The van der Waals surface area contributed by atoms with Crippen molar-refractivity contribution in [3.05, 3.63) is 51.5 Å². The summed E-state index contributed by atoms with van der Waals surface area (Å²) < 4.78 is 0. The van der Waals surface area contributed by atoms with Crippen LogP contribution in [0.4, 0.5) is 0 Å². The van der Waals surface area contributed by atoms with E-state index in [0.29, 0.717) is 0 Å². The lowest BCUT2D eigenvalue weighted by molar-refractivity contribution is -0.136. The fourth-order valence-electron chi connectivity index (χ4n) is 1.64. The number of benzene rings is 1. The Bertz CT molecular complexity index is 519. The zero-order valence-corrected chi connectivity index (χ0v) is 10.3. The quantitative estimate of drug-likeness (QED) is 0.903. The molecule has 4 heteroatoms. The maximum Gasteiger partial charge on any atom is 0.308 e. The number of rotatable bonds is 4. The molecule has 1 heterocycles. The Morgan fingerprint density at radius 3 is 2.71 bits per heavy atom. The van der Waals surface area contributed by atoms with Crippen molar-refractivity contribution in [1.29, 1.82) is 0 Å². The van der Waals surface area contributed by atoms with Crippen molar-refractivity contribution >= 4 is 17.3 Å². The van der Waals surface area contributed by atoms with Gasteiger partial charge in [-0.15, -0.1) is 11.3 Å². The first-order valence-electron chi connectivity index (χ1n) is 5.36. The van der Waals surface area contributed by atoms with Gasteiger partial charge in [0.25, 0.3) is 0 Å². The van der Waals surface area contributed by atoms with E-state index in [1.807, 2.05) is 37.3 Å². The highest BCUT2D eigenvalue weighted by atomic mass is 32.1. The van der Waals surface area contributed by atoms with Crippen molar-refractivity contribution in [2.24, 2.45) is 0 Å². The van der Waals surface area contributed by atoms with Crippen LogP contribution in [-0.4, -0.2) is 16.1 Å². The lowest BCUT2D eigenvalue weighted by Gasteiger charge is -1.95. The maximum absolute atomic E-state index is 10.7. The molecule has 1 N–H and O–H groups in total. The minimum atomic E-state index is -0.803. The molecule has 1 aromatic carbocycles. The molecular formula is C13H13NO2S. The van der Waals surface area contributed by atoms with Crippen LogP contribution < -0.4 is 0 Å². The molecule has 1 aromatic heterocycles. The molecule has 0 aliphatic carbocycles. The van der Waals surface area contributed by atoms with Crippen molar-refractivity contribution in [2.45, 2.75) is 19.8 Å². The molecule has 2 rings (SSSR count). The number of carbonyl (C=O) groups is 1. The number of hydrogen-bond donors (Lipinski definition) is 1. The Morgan fingerprint density at radius 1 is 1.35 bits per heavy atom. The van der Waals surface area contributed by atoms with Gasteiger partial charge in [0.15, 0.2) is 0 Å². The Balaban J connectivity index is 2.15. The molecule has 0 bridgehead atoms. The summed E-state index contributed by atoms with van der Waals surface area (Å²) in [5.41, 5.74) is 2.03. The van der Waals surface area contributed by atoms with Crippen LogP contribution >= 0.6 is 11.3 Å². The minimum Gasteiger partial charge on any atom is -0.481 e. The van der Waals surface area contributed by atoms with Crippen LogP contribution in [0.1, 0.15) is 21.1 Å². The van der Waals surface area contributed by atoms with E-state index in [4.69, 9.17) is 5.11 Å². The van der Waals surface area contributed by atoms with Gasteiger partial charge in [-0.3, -0.25) is 4.79 Å². The molecule has 3 nitrogen and oxygen atoms in total. The van der Waals surface area contributed by atoms with E-state index in [1.54, 1.807) is 0 Å². The Labute approximate surface area is 104 Å². The molecule has 0 aliphatic rings. The van der Waals surface area contributed by atoms with E-state index in [0.717, 1.165) is 22.0 Å². The van der Waals surface area contributed by atoms with E-state index in [9.17, 15) is 4.79 Å². The molecule has 0 amide bonds. The summed E-state index contributed by atoms with van der Waals surface area (Å²) in [7, 11) is 0. The van der Waals surface area contributed by atoms with Crippen molar-refractivity contribution in [1.82, 2.24) is 4.98 Å². The molecule has 0 saturated carbocycles. The van der Waals surface area contributed by atoms with Crippen LogP contribution in [0.5, 0.6) is 0 Å². The third-order valence-corrected chi connectivity index (χ3v) is 3.60. The second-order valence-corrected chi connectivity index (χ2v) is 5.02. The number of hydrogen-bond acceptors (Lipinski definition) is 3. The van der Waals surface area contributed by atoms with Gasteiger partial charge in [-0.05, 0) is 12.5 Å². The fraction of sp³-hybridized carbons (Fsp3) is 0.231. The minimum absolute atomic E-state index is 0.0677. The zero-order chi connectivity index (χ0) is 12.3. The number of thiazole rings is 1. The van der Waals surface area contributed by atoms with Crippen LogP contribution in [0.3, 0.4) is 0 Å². The van der Waals surface area contributed by atoms with Gasteiger partial charge in [0.1, 0.15) is 0 Å². The first kappa shape index (κ1) is 11.8. The number of aryl methyl sites for hydroxylation is 1. The third kappa shape index (κ3) is 3.14. The van der Waals surface area contributed by atoms with Crippen LogP contribution in [-0.2, 0) is 17.6 Å². The summed E-state index contributed by atoms with van der Waals surface area (Å²) in [5.74, 6) is -0.803.